The molecule has 2 aliphatic heterocycles. The van der Waals surface area contributed by atoms with E-state index in [2.05, 4.69) is 0 Å². The third-order valence-electron chi connectivity index (χ3n) is 8.82. The minimum Gasteiger partial charge on any atom is -0.508 e. The highest BCUT2D eigenvalue weighted by molar-refractivity contribution is 6.12. The quantitative estimate of drug-likeness (QED) is 0.273. The highest BCUT2D eigenvalue weighted by Gasteiger charge is 2.96. The first-order valence-corrected chi connectivity index (χ1v) is 11.7. The fourth-order valence-corrected chi connectivity index (χ4v) is 7.40. The number of carbonyl (C=O) groups is 2. The van der Waals surface area contributed by atoms with E-state index in [9.17, 15) is 30.0 Å². The van der Waals surface area contributed by atoms with Gasteiger partial charge in [0, 0.05) is 23.0 Å². The number of hydrogen-bond donors (Lipinski definition) is 4. The molecule has 0 radical (unpaired) electrons. The van der Waals surface area contributed by atoms with Crippen LogP contribution in [0.5, 0.6) is 0 Å². The molecule has 186 valence electrons. The van der Waals surface area contributed by atoms with Gasteiger partial charge < -0.3 is 29.9 Å². The van der Waals surface area contributed by atoms with Crippen molar-refractivity contribution in [2.24, 2.45) is 23.2 Å². The molecule has 3 unspecified atom stereocenters. The predicted molar refractivity (Wildman–Crippen MR) is 125 cm³/mol. The molecule has 0 amide bonds. The highest BCUT2D eigenvalue weighted by Crippen LogP contribution is 2.80. The number of hydrogen-bond acceptors (Lipinski definition) is 8. The monoisotopic (exact) mass is 482 g/mol. The zero-order chi connectivity index (χ0) is 25.8. The van der Waals surface area contributed by atoms with Gasteiger partial charge in [0.15, 0.2) is 11.6 Å². The van der Waals surface area contributed by atoms with Crippen LogP contribution in [0.4, 0.5) is 0 Å². The van der Waals surface area contributed by atoms with Crippen LogP contribution in [0.2, 0.25) is 0 Å². The number of allylic oxidation sites excluding steroid dienone is 8. The van der Waals surface area contributed by atoms with Gasteiger partial charge in [-0.15, -0.1) is 0 Å². The van der Waals surface area contributed by atoms with E-state index in [4.69, 9.17) is 9.47 Å². The molecule has 0 aromatic heterocycles. The Labute approximate surface area is 203 Å². The van der Waals surface area contributed by atoms with Gasteiger partial charge in [-0.1, -0.05) is 36.5 Å². The number of aliphatic hydroxyl groups excluding tert-OH is 2. The largest absolute Gasteiger partial charge is 0.508 e. The first kappa shape index (κ1) is 23.9. The molecule has 3 aliphatic carbocycles. The average molecular weight is 483 g/mol. The van der Waals surface area contributed by atoms with Gasteiger partial charge in [-0.3, -0.25) is 9.59 Å². The van der Waals surface area contributed by atoms with Crippen molar-refractivity contribution in [1.82, 2.24) is 0 Å². The summed E-state index contributed by atoms with van der Waals surface area (Å²) in [6.07, 6.45) is 12.6. The van der Waals surface area contributed by atoms with E-state index in [-0.39, 0.29) is 22.7 Å². The Morgan fingerprint density at radius 2 is 1.34 bits per heavy atom. The van der Waals surface area contributed by atoms with Gasteiger partial charge >= 0.3 is 0 Å². The van der Waals surface area contributed by atoms with Crippen molar-refractivity contribution in [1.29, 1.82) is 0 Å². The highest BCUT2D eigenvalue weighted by atomic mass is 16.8. The molecule has 8 heteroatoms. The smallest absolute Gasteiger partial charge is 0.210 e. The maximum Gasteiger partial charge on any atom is 0.210 e. The molecule has 8 bridgehead atoms. The zero-order valence-electron chi connectivity index (χ0n) is 20.3. The van der Waals surface area contributed by atoms with Crippen LogP contribution in [0.1, 0.15) is 34.6 Å². The topological polar surface area (TPSA) is 134 Å². The average Bonchev–Trinajstić information content (AvgIpc) is 3.14. The first-order chi connectivity index (χ1) is 16.3. The Morgan fingerprint density at radius 1 is 0.800 bits per heavy atom. The third-order valence-corrected chi connectivity index (χ3v) is 8.82. The van der Waals surface area contributed by atoms with E-state index in [1.165, 1.54) is 32.9 Å². The number of Topliss-reactive ketones (excluding diaryl/α,β-unsaturated/α-hetero) is 2. The fourth-order valence-electron chi connectivity index (χ4n) is 7.40. The lowest BCUT2D eigenvalue weighted by atomic mass is 9.43. The van der Waals surface area contributed by atoms with E-state index in [1.54, 1.807) is 50.3 Å². The van der Waals surface area contributed by atoms with E-state index in [0.717, 1.165) is 0 Å². The van der Waals surface area contributed by atoms with Gasteiger partial charge in [0.05, 0.1) is 11.3 Å². The maximum atomic E-state index is 14.2. The molecule has 0 aromatic rings. The van der Waals surface area contributed by atoms with Gasteiger partial charge in [0.1, 0.15) is 22.7 Å². The summed E-state index contributed by atoms with van der Waals surface area (Å²) in [6, 6.07) is 0. The van der Waals surface area contributed by atoms with Gasteiger partial charge in [0.2, 0.25) is 11.6 Å². The Kier molecular flexibility index (Phi) is 4.73. The summed E-state index contributed by atoms with van der Waals surface area (Å²) < 4.78 is 12.3. The molecule has 2 saturated heterocycles. The molecule has 8 nitrogen and oxygen atoms in total. The van der Waals surface area contributed by atoms with Gasteiger partial charge in [-0.25, -0.2) is 0 Å². The Bertz CT molecular complexity index is 1200. The van der Waals surface area contributed by atoms with Crippen molar-refractivity contribution in [3.63, 3.8) is 0 Å². The SMILES string of the molecule is C/C=C/C=C/C(O)=C1/C(=O)[C@@]2(C)C3\C(=C(O)/C=C/C=C/C)C(=O)C4C1[C@]1(C)O[C@]4(O)[C@]3(C)O[C@@]12O. The molecular weight excluding hydrogens is 452 g/mol. The number of ketones is 2. The second-order valence-electron chi connectivity index (χ2n) is 10.4. The van der Waals surface area contributed by atoms with Crippen LogP contribution in [-0.2, 0) is 19.1 Å². The molecule has 0 aromatic carbocycles. The molecule has 4 N–H and O–H groups in total. The van der Waals surface area contributed by atoms with Crippen LogP contribution in [0.3, 0.4) is 0 Å². The van der Waals surface area contributed by atoms with Gasteiger partial charge in [-0.2, -0.15) is 0 Å². The van der Waals surface area contributed by atoms with E-state index in [1.807, 2.05) is 0 Å². The summed E-state index contributed by atoms with van der Waals surface area (Å²) in [7, 11) is 0. The second kappa shape index (κ2) is 6.91. The molecule has 5 fully saturated rings. The van der Waals surface area contributed by atoms with Crippen LogP contribution < -0.4 is 0 Å². The van der Waals surface area contributed by atoms with Crippen molar-refractivity contribution in [2.45, 2.75) is 57.4 Å². The van der Waals surface area contributed by atoms with Crippen LogP contribution in [0.15, 0.2) is 71.3 Å². The van der Waals surface area contributed by atoms with Crippen molar-refractivity contribution < 1.29 is 39.5 Å². The summed E-state index contributed by atoms with van der Waals surface area (Å²) in [4.78, 5) is 28.2. The Hall–Kier alpha value is -2.78. The van der Waals surface area contributed by atoms with Crippen LogP contribution in [0, 0.1) is 23.2 Å². The fraction of sp³-hybridized carbons (Fsp3) is 0.481. The molecule has 5 rings (SSSR count). The lowest BCUT2D eigenvalue weighted by molar-refractivity contribution is -0.445. The zero-order valence-corrected chi connectivity index (χ0v) is 20.3. The lowest BCUT2D eigenvalue weighted by Crippen LogP contribution is -2.72. The molecule has 5 aliphatic rings. The summed E-state index contributed by atoms with van der Waals surface area (Å²) in [6.45, 7) is 8.01. The Morgan fingerprint density at radius 3 is 1.89 bits per heavy atom. The lowest BCUT2D eigenvalue weighted by Gasteiger charge is -2.55. The summed E-state index contributed by atoms with van der Waals surface area (Å²) in [5.41, 5.74) is -5.52. The minimum atomic E-state index is -2.24. The predicted octanol–water partition coefficient (Wildman–Crippen LogP) is 2.86. The number of ether oxygens (including phenoxy) is 2. The van der Waals surface area contributed by atoms with Crippen molar-refractivity contribution >= 4 is 11.6 Å². The Balaban J connectivity index is 1.88. The number of aliphatic hydroxyl groups is 4. The van der Waals surface area contributed by atoms with Crippen molar-refractivity contribution in [3.8, 4) is 0 Å². The maximum absolute atomic E-state index is 14.2. The molecule has 35 heavy (non-hydrogen) atoms. The molecule has 8 atom stereocenters. The number of rotatable bonds is 4. The normalized spacial score (nSPS) is 50.8. The number of carbonyl (C=O) groups excluding carboxylic acids is 2. The summed E-state index contributed by atoms with van der Waals surface area (Å²) >= 11 is 0. The van der Waals surface area contributed by atoms with Crippen LogP contribution in [-0.4, -0.2) is 54.8 Å². The molecule has 2 heterocycles. The minimum absolute atomic E-state index is 0.102. The van der Waals surface area contributed by atoms with Gasteiger partial charge in [0.25, 0.3) is 0 Å². The molecule has 0 spiro atoms. The first-order valence-electron chi connectivity index (χ1n) is 11.7. The van der Waals surface area contributed by atoms with E-state index >= 15 is 0 Å². The van der Waals surface area contributed by atoms with Crippen LogP contribution >= 0.6 is 0 Å². The molecular formula is C27H30O8. The molecule has 3 saturated carbocycles. The van der Waals surface area contributed by atoms with E-state index in [0.29, 0.717) is 0 Å². The summed E-state index contributed by atoms with van der Waals surface area (Å²) in [5, 5.41) is 46.0. The third kappa shape index (κ3) is 2.28. The second-order valence-corrected chi connectivity index (χ2v) is 10.4. The van der Waals surface area contributed by atoms with Crippen LogP contribution in [0.25, 0.3) is 0 Å². The van der Waals surface area contributed by atoms with Crippen molar-refractivity contribution in [2.75, 3.05) is 0 Å². The van der Waals surface area contributed by atoms with Gasteiger partial charge in [-0.05, 0) is 46.8 Å². The standard InChI is InChI=1S/C27H30O8/c1-6-8-10-12-14(28)16-18-19-20(30)17(15(29)13-11-9-7-2)21-23(3,22(16)31)27(33)24(18,4)34-26(19,32)25(21,5)35-27/h6-13,18-19,21,28-29,32-33H,1-5H3/b8-6+,9-7+,12-10+,13-11+,16-14-,17-15+/t18?,19?,21?,23-,24+,25-,26+,27-/m1/s1. The summed E-state index contributed by atoms with van der Waals surface area (Å²) in [5.74, 6) is -10.3. The van der Waals surface area contributed by atoms with Crippen molar-refractivity contribution in [3.05, 3.63) is 71.3 Å². The van der Waals surface area contributed by atoms with E-state index < -0.39 is 57.5 Å².